The fourth-order valence-electron chi connectivity index (χ4n) is 3.62. The average Bonchev–Trinajstić information content (AvgIpc) is 2.83. The summed E-state index contributed by atoms with van der Waals surface area (Å²) >= 11 is 4.62. The van der Waals surface area contributed by atoms with Crippen molar-refractivity contribution >= 4 is 47.9 Å². The highest BCUT2D eigenvalue weighted by Gasteiger charge is 2.24. The van der Waals surface area contributed by atoms with Crippen LogP contribution in [0.25, 0.3) is 0 Å². The average molecular weight is 525 g/mol. The number of hydrogen-bond donors (Lipinski definition) is 2. The number of carbonyl (C=O) groups is 4. The molecular formula is C23H32N4O8S. The van der Waals surface area contributed by atoms with E-state index in [1.54, 1.807) is 26.8 Å². The minimum atomic E-state index is -1.02. The van der Waals surface area contributed by atoms with Crippen molar-refractivity contribution in [3.05, 3.63) is 29.8 Å². The van der Waals surface area contributed by atoms with Crippen LogP contribution in [-0.4, -0.2) is 114 Å². The van der Waals surface area contributed by atoms with Gasteiger partial charge in [0.15, 0.2) is 0 Å². The van der Waals surface area contributed by atoms with Gasteiger partial charge >= 0.3 is 11.9 Å². The summed E-state index contributed by atoms with van der Waals surface area (Å²) in [5.41, 5.74) is 1.52. The Kier molecular flexibility index (Phi) is 15.5. The third-order valence-corrected chi connectivity index (χ3v) is 5.39. The van der Waals surface area contributed by atoms with Crippen LogP contribution >= 0.6 is 12.2 Å². The SMILES string of the molecule is CCN(CCCN(CC(=O)O)CC(Cc1ccc(N=C=S)cc1)N(COC=O)COC=O)CC(=O)O. The molecule has 0 bridgehead atoms. The van der Waals surface area contributed by atoms with E-state index in [9.17, 15) is 24.3 Å². The van der Waals surface area contributed by atoms with Gasteiger partial charge in [-0.2, -0.15) is 4.99 Å². The molecule has 1 rings (SSSR count). The van der Waals surface area contributed by atoms with Gasteiger partial charge in [-0.05, 0) is 55.8 Å². The maximum atomic E-state index is 11.6. The molecule has 0 fully saturated rings. The van der Waals surface area contributed by atoms with Crippen LogP contribution in [-0.2, 0) is 35.1 Å². The maximum Gasteiger partial charge on any atom is 0.317 e. The predicted molar refractivity (Wildman–Crippen MR) is 133 cm³/mol. The van der Waals surface area contributed by atoms with Crippen LogP contribution in [0.1, 0.15) is 18.9 Å². The lowest BCUT2D eigenvalue weighted by atomic mass is 10.0. The van der Waals surface area contributed by atoms with Crippen LogP contribution in [0.2, 0.25) is 0 Å². The number of aliphatic carboxylic acids is 2. The Morgan fingerprint density at radius 1 is 1.03 bits per heavy atom. The first-order chi connectivity index (χ1) is 17.3. The van der Waals surface area contributed by atoms with Gasteiger partial charge in [-0.1, -0.05) is 19.1 Å². The van der Waals surface area contributed by atoms with Crippen LogP contribution < -0.4 is 0 Å². The van der Waals surface area contributed by atoms with Crippen molar-refractivity contribution in [2.24, 2.45) is 4.99 Å². The van der Waals surface area contributed by atoms with E-state index in [0.717, 1.165) is 5.56 Å². The van der Waals surface area contributed by atoms with E-state index in [2.05, 4.69) is 22.4 Å². The van der Waals surface area contributed by atoms with Crippen LogP contribution in [0.15, 0.2) is 29.3 Å². The number of thiocarbonyl (C=S) groups is 1. The lowest BCUT2D eigenvalue weighted by molar-refractivity contribution is -0.145. The lowest BCUT2D eigenvalue weighted by Gasteiger charge is -2.34. The van der Waals surface area contributed by atoms with Crippen molar-refractivity contribution in [2.75, 3.05) is 52.7 Å². The van der Waals surface area contributed by atoms with E-state index in [1.165, 1.54) is 0 Å². The molecular weight excluding hydrogens is 492 g/mol. The normalized spacial score (nSPS) is 11.7. The van der Waals surface area contributed by atoms with E-state index in [1.807, 2.05) is 19.1 Å². The number of aliphatic imine (C=N–C) groups is 1. The Hall–Kier alpha value is -3.22. The summed E-state index contributed by atoms with van der Waals surface area (Å²) in [5.74, 6) is -1.95. The smallest absolute Gasteiger partial charge is 0.317 e. The standard InChI is InChI=1S/C23H32N4O8S/c1-2-25(12-22(30)31)8-3-9-26(13-23(32)33)11-21(27(15-34-17-28)16-35-18-29)10-19-4-6-20(7-5-19)24-14-36/h4-7,17-18,21H,2-3,8-13,15-16H2,1H3,(H,30,31)(H,32,33). The molecule has 0 radical (unpaired) electrons. The van der Waals surface area contributed by atoms with Gasteiger partial charge in [0.25, 0.3) is 12.9 Å². The molecule has 2 N–H and O–H groups in total. The van der Waals surface area contributed by atoms with Gasteiger partial charge in [0.05, 0.1) is 23.9 Å². The minimum absolute atomic E-state index is 0.0961. The Morgan fingerprint density at radius 2 is 1.58 bits per heavy atom. The second-order valence-electron chi connectivity index (χ2n) is 7.85. The first kappa shape index (κ1) is 30.8. The third-order valence-electron chi connectivity index (χ3n) is 5.30. The number of hydrogen-bond acceptors (Lipinski definition) is 11. The van der Waals surface area contributed by atoms with E-state index in [-0.39, 0.29) is 46.0 Å². The van der Waals surface area contributed by atoms with E-state index in [4.69, 9.17) is 14.6 Å². The first-order valence-electron chi connectivity index (χ1n) is 11.2. The molecule has 0 aromatic heterocycles. The van der Waals surface area contributed by atoms with Gasteiger partial charge in [0.1, 0.15) is 13.5 Å². The summed E-state index contributed by atoms with van der Waals surface area (Å²) in [6, 6.07) is 6.80. The fourth-order valence-corrected chi connectivity index (χ4v) is 3.73. The van der Waals surface area contributed by atoms with Gasteiger partial charge < -0.3 is 19.7 Å². The summed E-state index contributed by atoms with van der Waals surface area (Å²) in [4.78, 5) is 53.2. The summed E-state index contributed by atoms with van der Waals surface area (Å²) < 4.78 is 9.81. The number of nitrogens with zero attached hydrogens (tertiary/aromatic N) is 4. The fraction of sp³-hybridized carbons (Fsp3) is 0.522. The number of carboxylic acid groups (broad SMARTS) is 2. The van der Waals surface area contributed by atoms with E-state index >= 15 is 0 Å². The molecule has 0 amide bonds. The molecule has 1 unspecified atom stereocenters. The number of isothiocyanates is 1. The number of benzene rings is 1. The molecule has 0 saturated heterocycles. The highest BCUT2D eigenvalue weighted by atomic mass is 32.1. The topological polar surface area (TPSA) is 149 Å². The summed E-state index contributed by atoms with van der Waals surface area (Å²) in [7, 11) is 0. The van der Waals surface area contributed by atoms with Crippen molar-refractivity contribution < 1.29 is 38.9 Å². The Labute approximate surface area is 215 Å². The van der Waals surface area contributed by atoms with Crippen molar-refractivity contribution in [3.8, 4) is 0 Å². The largest absolute Gasteiger partial charge is 0.480 e. The van der Waals surface area contributed by atoms with Crippen LogP contribution in [0, 0.1) is 0 Å². The molecule has 0 heterocycles. The van der Waals surface area contributed by atoms with Gasteiger partial charge in [-0.3, -0.25) is 29.0 Å². The molecule has 1 atom stereocenters. The second kappa shape index (κ2) is 18.1. The lowest BCUT2D eigenvalue weighted by Crippen LogP contribution is -2.48. The second-order valence-corrected chi connectivity index (χ2v) is 8.03. The number of ether oxygens (including phenoxy) is 2. The summed E-state index contributed by atoms with van der Waals surface area (Å²) in [5, 5.41) is 20.8. The summed E-state index contributed by atoms with van der Waals surface area (Å²) in [6.07, 6.45) is 0.962. The molecule has 0 aliphatic heterocycles. The molecule has 1 aromatic carbocycles. The molecule has 13 heteroatoms. The zero-order valence-electron chi connectivity index (χ0n) is 20.2. The Balaban J connectivity index is 3.08. The highest BCUT2D eigenvalue weighted by Crippen LogP contribution is 2.16. The molecule has 0 aliphatic carbocycles. The number of carbonyl (C=O) groups excluding carboxylic acids is 2. The maximum absolute atomic E-state index is 11.6. The van der Waals surface area contributed by atoms with Crippen molar-refractivity contribution in [1.82, 2.24) is 14.7 Å². The minimum Gasteiger partial charge on any atom is -0.480 e. The number of likely N-dealkylation sites (N-methyl/N-ethyl adjacent to an activating group) is 1. The van der Waals surface area contributed by atoms with Crippen LogP contribution in [0.4, 0.5) is 5.69 Å². The van der Waals surface area contributed by atoms with Gasteiger partial charge in [0, 0.05) is 19.1 Å². The first-order valence-corrected chi connectivity index (χ1v) is 11.6. The Bertz CT molecular complexity index is 867. The Morgan fingerprint density at radius 3 is 2.08 bits per heavy atom. The van der Waals surface area contributed by atoms with Crippen LogP contribution in [0.3, 0.4) is 0 Å². The molecule has 12 nitrogen and oxygen atoms in total. The zero-order valence-corrected chi connectivity index (χ0v) is 21.0. The monoisotopic (exact) mass is 524 g/mol. The van der Waals surface area contributed by atoms with E-state index < -0.39 is 18.0 Å². The van der Waals surface area contributed by atoms with Crippen molar-refractivity contribution in [1.29, 1.82) is 0 Å². The molecule has 1 aromatic rings. The van der Waals surface area contributed by atoms with Gasteiger partial charge in [0.2, 0.25) is 0 Å². The van der Waals surface area contributed by atoms with E-state index in [0.29, 0.717) is 38.2 Å². The van der Waals surface area contributed by atoms with Crippen molar-refractivity contribution in [3.63, 3.8) is 0 Å². The van der Waals surface area contributed by atoms with Crippen LogP contribution in [0.5, 0.6) is 0 Å². The predicted octanol–water partition coefficient (Wildman–Crippen LogP) is 1.08. The molecule has 36 heavy (non-hydrogen) atoms. The quantitative estimate of drug-likeness (QED) is 0.103. The zero-order chi connectivity index (χ0) is 26.8. The number of carboxylic acids is 2. The molecule has 0 aliphatic rings. The molecule has 0 spiro atoms. The third kappa shape index (κ3) is 13.0. The summed E-state index contributed by atoms with van der Waals surface area (Å²) in [6.45, 7) is 3.41. The molecule has 198 valence electrons. The van der Waals surface area contributed by atoms with Gasteiger partial charge in [-0.25, -0.2) is 4.90 Å². The number of rotatable bonds is 21. The molecule has 0 saturated carbocycles. The highest BCUT2D eigenvalue weighted by molar-refractivity contribution is 7.78. The van der Waals surface area contributed by atoms with Gasteiger partial charge in [-0.15, -0.1) is 0 Å². The van der Waals surface area contributed by atoms with Crippen molar-refractivity contribution in [2.45, 2.75) is 25.8 Å².